The Morgan fingerprint density at radius 2 is 2.15 bits per heavy atom. The SMILES string of the molecule is C[C@H](O)[C@H]1CCCCC1C(=O)NN. The van der Waals surface area contributed by atoms with Gasteiger partial charge in [0.2, 0.25) is 5.91 Å². The lowest BCUT2D eigenvalue weighted by Crippen LogP contribution is -2.43. The van der Waals surface area contributed by atoms with Crippen LogP contribution in [-0.4, -0.2) is 17.1 Å². The van der Waals surface area contributed by atoms with Gasteiger partial charge in [0.05, 0.1) is 6.10 Å². The molecule has 4 heteroatoms. The Morgan fingerprint density at radius 3 is 2.69 bits per heavy atom. The van der Waals surface area contributed by atoms with Crippen LogP contribution in [-0.2, 0) is 4.79 Å². The minimum absolute atomic E-state index is 0.0808. The predicted octanol–water partition coefficient (Wildman–Crippen LogP) is 0.164. The predicted molar refractivity (Wildman–Crippen MR) is 49.5 cm³/mol. The Kier molecular flexibility index (Phi) is 3.69. The third kappa shape index (κ3) is 2.42. The molecule has 1 fully saturated rings. The molecule has 0 saturated heterocycles. The number of aliphatic hydroxyl groups excluding tert-OH is 1. The van der Waals surface area contributed by atoms with Gasteiger partial charge in [-0.25, -0.2) is 5.84 Å². The highest BCUT2D eigenvalue weighted by Crippen LogP contribution is 2.32. The number of hydrazine groups is 1. The normalized spacial score (nSPS) is 31.0. The summed E-state index contributed by atoms with van der Waals surface area (Å²) in [5, 5.41) is 9.47. The first-order valence-electron chi connectivity index (χ1n) is 4.85. The number of nitrogens with one attached hydrogen (secondary N) is 1. The maximum atomic E-state index is 11.3. The molecule has 0 aromatic heterocycles. The van der Waals surface area contributed by atoms with E-state index in [4.69, 9.17) is 5.84 Å². The van der Waals surface area contributed by atoms with Crippen molar-refractivity contribution in [2.75, 3.05) is 0 Å². The van der Waals surface area contributed by atoms with Crippen LogP contribution >= 0.6 is 0 Å². The third-order valence-corrected chi connectivity index (χ3v) is 2.92. The number of nitrogens with two attached hydrogens (primary N) is 1. The maximum absolute atomic E-state index is 11.3. The molecule has 1 aliphatic carbocycles. The first-order chi connectivity index (χ1) is 6.16. The van der Waals surface area contributed by atoms with Crippen LogP contribution < -0.4 is 11.3 Å². The summed E-state index contributed by atoms with van der Waals surface area (Å²) >= 11 is 0. The van der Waals surface area contributed by atoms with Crippen molar-refractivity contribution in [3.05, 3.63) is 0 Å². The molecule has 1 saturated carbocycles. The molecule has 0 spiro atoms. The summed E-state index contributed by atoms with van der Waals surface area (Å²) in [6.45, 7) is 1.74. The molecule has 0 aliphatic heterocycles. The monoisotopic (exact) mass is 186 g/mol. The van der Waals surface area contributed by atoms with E-state index >= 15 is 0 Å². The molecular formula is C9H18N2O2. The van der Waals surface area contributed by atoms with Crippen molar-refractivity contribution in [3.63, 3.8) is 0 Å². The van der Waals surface area contributed by atoms with Crippen molar-refractivity contribution < 1.29 is 9.90 Å². The topological polar surface area (TPSA) is 75.3 Å². The minimum Gasteiger partial charge on any atom is -0.393 e. The van der Waals surface area contributed by atoms with E-state index < -0.39 is 6.10 Å². The van der Waals surface area contributed by atoms with E-state index in [0.717, 1.165) is 25.7 Å². The van der Waals surface area contributed by atoms with Gasteiger partial charge in [-0.2, -0.15) is 0 Å². The lowest BCUT2D eigenvalue weighted by Gasteiger charge is -2.31. The van der Waals surface area contributed by atoms with Gasteiger partial charge >= 0.3 is 0 Å². The summed E-state index contributed by atoms with van der Waals surface area (Å²) < 4.78 is 0. The van der Waals surface area contributed by atoms with Crippen LogP contribution in [0.1, 0.15) is 32.6 Å². The van der Waals surface area contributed by atoms with Gasteiger partial charge in [0.1, 0.15) is 0 Å². The first-order valence-corrected chi connectivity index (χ1v) is 4.85. The van der Waals surface area contributed by atoms with Crippen molar-refractivity contribution >= 4 is 5.91 Å². The van der Waals surface area contributed by atoms with Gasteiger partial charge < -0.3 is 5.11 Å². The number of hydrogen-bond acceptors (Lipinski definition) is 3. The molecule has 4 N–H and O–H groups in total. The van der Waals surface area contributed by atoms with E-state index in [1.807, 2.05) is 0 Å². The summed E-state index contributed by atoms with van der Waals surface area (Å²) in [7, 11) is 0. The van der Waals surface area contributed by atoms with E-state index in [9.17, 15) is 9.90 Å². The first kappa shape index (κ1) is 10.5. The molecule has 0 radical (unpaired) electrons. The van der Waals surface area contributed by atoms with Crippen molar-refractivity contribution in [1.82, 2.24) is 5.43 Å². The van der Waals surface area contributed by atoms with Crippen molar-refractivity contribution in [3.8, 4) is 0 Å². The number of hydrogen-bond donors (Lipinski definition) is 3. The van der Waals surface area contributed by atoms with Crippen LogP contribution in [0.5, 0.6) is 0 Å². The van der Waals surface area contributed by atoms with Gasteiger partial charge in [-0.05, 0) is 25.7 Å². The van der Waals surface area contributed by atoms with E-state index in [2.05, 4.69) is 5.43 Å². The standard InChI is InChI=1S/C9H18N2O2/c1-6(12)7-4-2-3-5-8(7)9(13)11-10/h6-8,12H,2-5,10H2,1H3,(H,11,13)/t6-,7+,8?/m0/s1. The molecule has 1 aliphatic rings. The van der Waals surface area contributed by atoms with Gasteiger partial charge in [-0.3, -0.25) is 10.2 Å². The molecule has 3 atom stereocenters. The van der Waals surface area contributed by atoms with Gasteiger partial charge in [-0.15, -0.1) is 0 Å². The quantitative estimate of drug-likeness (QED) is 0.327. The molecular weight excluding hydrogens is 168 g/mol. The fourth-order valence-electron chi connectivity index (χ4n) is 2.17. The van der Waals surface area contributed by atoms with E-state index in [1.54, 1.807) is 6.92 Å². The second kappa shape index (κ2) is 4.58. The summed E-state index contributed by atoms with van der Waals surface area (Å²) in [6.07, 6.45) is 3.52. The molecule has 0 bridgehead atoms. The number of aliphatic hydroxyl groups is 1. The lowest BCUT2D eigenvalue weighted by atomic mass is 9.76. The molecule has 76 valence electrons. The number of carbonyl (C=O) groups excluding carboxylic acids is 1. The summed E-state index contributed by atoms with van der Waals surface area (Å²) in [4.78, 5) is 11.3. The summed E-state index contributed by atoms with van der Waals surface area (Å²) in [6, 6.07) is 0. The van der Waals surface area contributed by atoms with Gasteiger partial charge in [0, 0.05) is 5.92 Å². The molecule has 1 amide bonds. The Balaban J connectivity index is 2.61. The van der Waals surface area contributed by atoms with E-state index in [1.165, 1.54) is 0 Å². The smallest absolute Gasteiger partial charge is 0.237 e. The molecule has 0 aromatic rings. The Bertz CT molecular complexity index is 182. The van der Waals surface area contributed by atoms with Crippen molar-refractivity contribution in [2.45, 2.75) is 38.7 Å². The van der Waals surface area contributed by atoms with Crippen molar-refractivity contribution in [1.29, 1.82) is 0 Å². The molecule has 0 aromatic carbocycles. The maximum Gasteiger partial charge on any atom is 0.237 e. The van der Waals surface area contributed by atoms with Crippen LogP contribution in [0.3, 0.4) is 0 Å². The van der Waals surface area contributed by atoms with Crippen LogP contribution in [0.25, 0.3) is 0 Å². The average molecular weight is 186 g/mol. The molecule has 13 heavy (non-hydrogen) atoms. The zero-order chi connectivity index (χ0) is 9.84. The van der Waals surface area contributed by atoms with Gasteiger partial charge in [0.25, 0.3) is 0 Å². The molecule has 4 nitrogen and oxygen atoms in total. The average Bonchev–Trinajstić information content (AvgIpc) is 2.16. The van der Waals surface area contributed by atoms with E-state index in [-0.39, 0.29) is 17.7 Å². The van der Waals surface area contributed by atoms with Crippen LogP contribution in [0.15, 0.2) is 0 Å². The second-order valence-corrected chi connectivity index (χ2v) is 3.80. The highest BCUT2D eigenvalue weighted by Gasteiger charge is 2.33. The van der Waals surface area contributed by atoms with Crippen LogP contribution in [0.4, 0.5) is 0 Å². The largest absolute Gasteiger partial charge is 0.393 e. The second-order valence-electron chi connectivity index (χ2n) is 3.80. The number of carbonyl (C=O) groups is 1. The van der Waals surface area contributed by atoms with Crippen LogP contribution in [0.2, 0.25) is 0 Å². The number of amides is 1. The van der Waals surface area contributed by atoms with Crippen molar-refractivity contribution in [2.24, 2.45) is 17.7 Å². The third-order valence-electron chi connectivity index (χ3n) is 2.92. The highest BCUT2D eigenvalue weighted by atomic mass is 16.3. The van der Waals surface area contributed by atoms with Gasteiger partial charge in [-0.1, -0.05) is 12.8 Å². The Hall–Kier alpha value is -0.610. The number of rotatable bonds is 2. The summed E-state index contributed by atoms with van der Waals surface area (Å²) in [5.74, 6) is 4.93. The van der Waals surface area contributed by atoms with Gasteiger partial charge in [0.15, 0.2) is 0 Å². The zero-order valence-corrected chi connectivity index (χ0v) is 7.99. The Labute approximate surface area is 78.5 Å². The fourth-order valence-corrected chi connectivity index (χ4v) is 2.17. The lowest BCUT2D eigenvalue weighted by molar-refractivity contribution is -0.129. The molecule has 0 heterocycles. The highest BCUT2D eigenvalue weighted by molar-refractivity contribution is 5.78. The summed E-state index contributed by atoms with van der Waals surface area (Å²) in [5.41, 5.74) is 2.17. The fraction of sp³-hybridized carbons (Fsp3) is 0.889. The van der Waals surface area contributed by atoms with Crippen LogP contribution in [0, 0.1) is 11.8 Å². The molecule has 1 unspecified atom stereocenters. The van der Waals surface area contributed by atoms with E-state index in [0.29, 0.717) is 0 Å². The molecule has 1 rings (SSSR count). The Morgan fingerprint density at radius 1 is 1.54 bits per heavy atom. The zero-order valence-electron chi connectivity index (χ0n) is 7.99. The minimum atomic E-state index is -0.414.